The highest BCUT2D eigenvalue weighted by Gasteiger charge is 2.19. The number of rotatable bonds is 2. The van der Waals surface area contributed by atoms with Crippen LogP contribution in [-0.4, -0.2) is 23.6 Å². The highest BCUT2D eigenvalue weighted by atomic mass is 32.1. The first kappa shape index (κ1) is 12.7. The monoisotopic (exact) mass is 297 g/mol. The van der Waals surface area contributed by atoms with Crippen LogP contribution in [0.15, 0.2) is 29.6 Å². The summed E-state index contributed by atoms with van der Waals surface area (Å²) < 4.78 is 6.79. The molecule has 0 amide bonds. The summed E-state index contributed by atoms with van der Waals surface area (Å²) in [4.78, 5) is 9.49. The van der Waals surface area contributed by atoms with Crippen molar-refractivity contribution in [2.45, 2.75) is 13.0 Å². The Labute approximate surface area is 126 Å². The average Bonchev–Trinajstić information content (AvgIpc) is 2.98. The lowest BCUT2D eigenvalue weighted by atomic mass is 10.1. The van der Waals surface area contributed by atoms with Gasteiger partial charge in [0.2, 0.25) is 0 Å². The molecule has 0 spiro atoms. The average molecular weight is 297 g/mol. The molecule has 1 N–H and O–H groups in total. The third-order valence-corrected chi connectivity index (χ3v) is 4.74. The van der Waals surface area contributed by atoms with Crippen LogP contribution in [0.25, 0.3) is 21.5 Å². The number of thiophene rings is 1. The summed E-state index contributed by atoms with van der Waals surface area (Å²) in [6.07, 6.45) is 0.849. The molecule has 1 aliphatic rings. The smallest absolute Gasteiger partial charge is 0.163 e. The minimum atomic E-state index is 0.593. The van der Waals surface area contributed by atoms with Crippen LogP contribution in [0, 0.1) is 0 Å². The standard InChI is InChI=1S/C16H15N3OS/c1-17-15-11-8-20-7-6-13(11)18-16(19-15)12-9-21-14-5-3-2-4-10(12)14/h2-5,9H,6-8H2,1H3,(H,17,18,19). The molecule has 1 aromatic carbocycles. The van der Waals surface area contributed by atoms with Gasteiger partial charge in [0.15, 0.2) is 5.82 Å². The molecule has 3 heterocycles. The lowest BCUT2D eigenvalue weighted by Gasteiger charge is -2.19. The van der Waals surface area contributed by atoms with Gasteiger partial charge in [0.05, 0.1) is 18.9 Å². The predicted octanol–water partition coefficient (Wildman–Crippen LogP) is 3.47. The van der Waals surface area contributed by atoms with Crippen LogP contribution in [0.4, 0.5) is 5.82 Å². The molecule has 0 bridgehead atoms. The van der Waals surface area contributed by atoms with Crippen molar-refractivity contribution >= 4 is 27.2 Å². The lowest BCUT2D eigenvalue weighted by molar-refractivity contribution is 0.109. The number of nitrogens with one attached hydrogen (secondary N) is 1. The Morgan fingerprint density at radius 3 is 3.05 bits per heavy atom. The van der Waals surface area contributed by atoms with Crippen LogP contribution in [0.1, 0.15) is 11.3 Å². The van der Waals surface area contributed by atoms with Crippen molar-refractivity contribution in [3.05, 3.63) is 40.9 Å². The predicted molar refractivity (Wildman–Crippen MR) is 85.8 cm³/mol. The molecule has 0 aliphatic carbocycles. The van der Waals surface area contributed by atoms with Gasteiger partial charge in [-0.1, -0.05) is 18.2 Å². The Hall–Kier alpha value is -1.98. The second kappa shape index (κ2) is 5.09. The van der Waals surface area contributed by atoms with Gasteiger partial charge in [-0.25, -0.2) is 9.97 Å². The molecule has 0 unspecified atom stereocenters. The molecular weight excluding hydrogens is 282 g/mol. The van der Waals surface area contributed by atoms with E-state index in [9.17, 15) is 0 Å². The van der Waals surface area contributed by atoms with E-state index in [0.717, 1.165) is 41.5 Å². The number of benzene rings is 1. The Balaban J connectivity index is 1.92. The highest BCUT2D eigenvalue weighted by molar-refractivity contribution is 7.17. The molecule has 4 rings (SSSR count). The summed E-state index contributed by atoms with van der Waals surface area (Å²) in [5, 5.41) is 6.54. The van der Waals surface area contributed by atoms with Crippen molar-refractivity contribution in [1.29, 1.82) is 0 Å². The first-order valence-electron chi connectivity index (χ1n) is 6.98. The maximum Gasteiger partial charge on any atom is 0.163 e. The summed E-state index contributed by atoms with van der Waals surface area (Å²) in [6.45, 7) is 1.33. The molecule has 0 saturated carbocycles. The van der Waals surface area contributed by atoms with Crippen molar-refractivity contribution in [3.8, 4) is 11.4 Å². The number of anilines is 1. The van der Waals surface area contributed by atoms with E-state index in [1.807, 2.05) is 7.05 Å². The van der Waals surface area contributed by atoms with Crippen LogP contribution in [-0.2, 0) is 17.8 Å². The van der Waals surface area contributed by atoms with Crippen molar-refractivity contribution in [1.82, 2.24) is 9.97 Å². The summed E-state index contributed by atoms with van der Waals surface area (Å²) in [5.41, 5.74) is 3.30. The second-order valence-electron chi connectivity index (χ2n) is 5.02. The molecule has 0 fully saturated rings. The van der Waals surface area contributed by atoms with Gasteiger partial charge < -0.3 is 10.1 Å². The molecule has 21 heavy (non-hydrogen) atoms. The SMILES string of the molecule is CNc1nc(-c2csc3ccccc23)nc2c1COCC2. The number of nitrogens with zero attached hydrogens (tertiary/aromatic N) is 2. The van der Waals surface area contributed by atoms with E-state index < -0.39 is 0 Å². The van der Waals surface area contributed by atoms with Gasteiger partial charge in [-0.3, -0.25) is 0 Å². The molecule has 0 radical (unpaired) electrons. The van der Waals surface area contributed by atoms with Crippen molar-refractivity contribution in [2.75, 3.05) is 19.0 Å². The topological polar surface area (TPSA) is 47.0 Å². The van der Waals surface area contributed by atoms with E-state index in [0.29, 0.717) is 6.61 Å². The third-order valence-electron chi connectivity index (χ3n) is 3.78. The maximum absolute atomic E-state index is 5.52. The number of ether oxygens (including phenoxy) is 1. The molecular formula is C16H15N3OS. The van der Waals surface area contributed by atoms with Gasteiger partial charge in [0, 0.05) is 40.1 Å². The quantitative estimate of drug-likeness (QED) is 0.787. The van der Waals surface area contributed by atoms with Crippen LogP contribution in [0.5, 0.6) is 0 Å². The molecule has 5 heteroatoms. The molecule has 2 aromatic heterocycles. The fourth-order valence-corrected chi connectivity index (χ4v) is 3.65. The summed E-state index contributed by atoms with van der Waals surface area (Å²) in [7, 11) is 1.90. The van der Waals surface area contributed by atoms with Gasteiger partial charge in [-0.2, -0.15) is 0 Å². The first-order chi connectivity index (χ1) is 10.4. The fourth-order valence-electron chi connectivity index (χ4n) is 2.71. The number of hydrogen-bond acceptors (Lipinski definition) is 5. The number of aromatic nitrogens is 2. The molecule has 3 aromatic rings. The Morgan fingerprint density at radius 1 is 1.24 bits per heavy atom. The normalized spacial score (nSPS) is 14.1. The minimum Gasteiger partial charge on any atom is -0.376 e. The fraction of sp³-hybridized carbons (Fsp3) is 0.250. The Bertz CT molecular complexity index is 795. The Kier molecular flexibility index (Phi) is 3.09. The summed E-state index contributed by atoms with van der Waals surface area (Å²) in [5.74, 6) is 1.68. The molecule has 1 aliphatic heterocycles. The Morgan fingerprint density at radius 2 is 2.14 bits per heavy atom. The van der Waals surface area contributed by atoms with E-state index in [1.54, 1.807) is 11.3 Å². The van der Waals surface area contributed by atoms with E-state index in [1.165, 1.54) is 10.1 Å². The molecule has 0 atom stereocenters. The van der Waals surface area contributed by atoms with Crippen molar-refractivity contribution in [2.24, 2.45) is 0 Å². The van der Waals surface area contributed by atoms with E-state index in [2.05, 4.69) is 35.0 Å². The van der Waals surface area contributed by atoms with Gasteiger partial charge >= 0.3 is 0 Å². The van der Waals surface area contributed by atoms with Gasteiger partial charge in [-0.15, -0.1) is 11.3 Å². The molecule has 4 nitrogen and oxygen atoms in total. The minimum absolute atomic E-state index is 0.593. The van der Waals surface area contributed by atoms with Crippen LogP contribution in [0.2, 0.25) is 0 Å². The van der Waals surface area contributed by atoms with Crippen LogP contribution < -0.4 is 5.32 Å². The molecule has 106 valence electrons. The third kappa shape index (κ3) is 2.09. The largest absolute Gasteiger partial charge is 0.376 e. The second-order valence-corrected chi connectivity index (χ2v) is 5.93. The molecule has 0 saturated heterocycles. The zero-order valence-electron chi connectivity index (χ0n) is 11.7. The summed E-state index contributed by atoms with van der Waals surface area (Å²) in [6, 6.07) is 8.39. The number of hydrogen-bond donors (Lipinski definition) is 1. The van der Waals surface area contributed by atoms with Crippen LogP contribution >= 0.6 is 11.3 Å². The van der Waals surface area contributed by atoms with Crippen LogP contribution in [0.3, 0.4) is 0 Å². The number of fused-ring (bicyclic) bond motifs is 2. The van der Waals surface area contributed by atoms with Gasteiger partial charge in [0.1, 0.15) is 5.82 Å². The van der Waals surface area contributed by atoms with Crippen molar-refractivity contribution in [3.63, 3.8) is 0 Å². The van der Waals surface area contributed by atoms with Crippen molar-refractivity contribution < 1.29 is 4.74 Å². The van der Waals surface area contributed by atoms with E-state index in [4.69, 9.17) is 14.7 Å². The zero-order chi connectivity index (χ0) is 14.2. The van der Waals surface area contributed by atoms with Gasteiger partial charge in [0.25, 0.3) is 0 Å². The van der Waals surface area contributed by atoms with E-state index >= 15 is 0 Å². The van der Waals surface area contributed by atoms with E-state index in [-0.39, 0.29) is 0 Å². The van der Waals surface area contributed by atoms with Gasteiger partial charge in [-0.05, 0) is 6.07 Å². The highest BCUT2D eigenvalue weighted by Crippen LogP contribution is 2.34. The zero-order valence-corrected chi connectivity index (χ0v) is 12.5. The summed E-state index contributed by atoms with van der Waals surface area (Å²) >= 11 is 1.73. The first-order valence-corrected chi connectivity index (χ1v) is 7.86. The lowest BCUT2D eigenvalue weighted by Crippen LogP contribution is -2.16. The maximum atomic E-state index is 5.52.